The Balaban J connectivity index is 2.25. The van der Waals surface area contributed by atoms with Crippen LogP contribution in [0.2, 0.25) is 0 Å². The number of nitro groups is 1. The van der Waals surface area contributed by atoms with Crippen LogP contribution in [0.1, 0.15) is 22.1 Å². The van der Waals surface area contributed by atoms with Crippen LogP contribution in [0.5, 0.6) is 0 Å². The molecule has 0 spiro atoms. The maximum Gasteiger partial charge on any atom is 0.292 e. The zero-order valence-corrected chi connectivity index (χ0v) is 10.5. The molecule has 0 aliphatic heterocycles. The van der Waals surface area contributed by atoms with Gasteiger partial charge in [0.15, 0.2) is 5.82 Å². The minimum atomic E-state index is -0.670. The number of amides is 1. The van der Waals surface area contributed by atoms with Crippen molar-refractivity contribution in [3.8, 4) is 0 Å². The number of rotatable bonds is 5. The number of aryl methyl sites for hydroxylation is 1. The molecule has 1 heterocycles. The minimum Gasteiger partial charge on any atom is -0.371 e. The number of hydrogen-bond donors (Lipinski definition) is 2. The smallest absolute Gasteiger partial charge is 0.292 e. The number of anilines is 1. The van der Waals surface area contributed by atoms with Crippen molar-refractivity contribution < 1.29 is 14.2 Å². The van der Waals surface area contributed by atoms with Gasteiger partial charge >= 0.3 is 0 Å². The van der Waals surface area contributed by atoms with E-state index in [0.29, 0.717) is 5.82 Å². The van der Waals surface area contributed by atoms with Crippen LogP contribution in [0.25, 0.3) is 0 Å². The van der Waals surface area contributed by atoms with Crippen molar-refractivity contribution in [2.75, 3.05) is 5.32 Å². The van der Waals surface area contributed by atoms with Crippen LogP contribution < -0.4 is 11.1 Å². The Bertz CT molecular complexity index is 667. The second kappa shape index (κ2) is 5.34. The highest BCUT2D eigenvalue weighted by Crippen LogP contribution is 2.25. The second-order valence-electron chi connectivity index (χ2n) is 3.94. The quantitative estimate of drug-likeness (QED) is 0.614. The third-order valence-electron chi connectivity index (χ3n) is 2.48. The summed E-state index contributed by atoms with van der Waals surface area (Å²) >= 11 is 0. The normalized spacial score (nSPS) is 10.2. The molecule has 0 aliphatic carbocycles. The van der Waals surface area contributed by atoms with Crippen LogP contribution in [0.15, 0.2) is 22.7 Å². The summed E-state index contributed by atoms with van der Waals surface area (Å²) in [6, 6.07) is 3.81. The first-order valence-electron chi connectivity index (χ1n) is 5.58. The predicted molar refractivity (Wildman–Crippen MR) is 68.0 cm³/mol. The second-order valence-corrected chi connectivity index (χ2v) is 3.94. The Kier molecular flexibility index (Phi) is 3.60. The first kappa shape index (κ1) is 13.5. The van der Waals surface area contributed by atoms with Gasteiger partial charge in [0.2, 0.25) is 11.8 Å². The molecule has 20 heavy (non-hydrogen) atoms. The van der Waals surface area contributed by atoms with Crippen molar-refractivity contribution >= 4 is 17.3 Å². The average molecular weight is 277 g/mol. The zero-order chi connectivity index (χ0) is 14.7. The molecule has 1 aromatic carbocycles. The number of nitrogens with two attached hydrogens (primary N) is 1. The van der Waals surface area contributed by atoms with Gasteiger partial charge in [0.25, 0.3) is 5.69 Å². The molecule has 1 aromatic heterocycles. The van der Waals surface area contributed by atoms with E-state index >= 15 is 0 Å². The van der Waals surface area contributed by atoms with E-state index in [-0.39, 0.29) is 29.4 Å². The van der Waals surface area contributed by atoms with E-state index in [1.807, 2.05) is 0 Å². The molecule has 9 nitrogen and oxygen atoms in total. The molecule has 2 rings (SSSR count). The van der Waals surface area contributed by atoms with E-state index in [1.54, 1.807) is 6.92 Å². The number of carbonyl (C=O) groups excluding carboxylic acids is 1. The van der Waals surface area contributed by atoms with Crippen LogP contribution in [0.3, 0.4) is 0 Å². The van der Waals surface area contributed by atoms with Crippen LogP contribution in [0, 0.1) is 17.0 Å². The molecule has 3 N–H and O–H groups in total. The van der Waals surface area contributed by atoms with E-state index in [9.17, 15) is 14.9 Å². The Hall–Kier alpha value is -2.97. The van der Waals surface area contributed by atoms with Gasteiger partial charge in [0, 0.05) is 11.6 Å². The molecule has 9 heteroatoms. The van der Waals surface area contributed by atoms with E-state index in [0.717, 1.165) is 0 Å². The standard InChI is InChI=1S/C11H11N5O4/c1-6-14-10(20-15-6)5-13-8-4-7(11(12)17)2-3-9(8)16(18)19/h2-4,13H,5H2,1H3,(H2,12,17). The summed E-state index contributed by atoms with van der Waals surface area (Å²) in [5.74, 6) is 0.0695. The van der Waals surface area contributed by atoms with Gasteiger partial charge in [-0.1, -0.05) is 5.16 Å². The van der Waals surface area contributed by atoms with Crippen LogP contribution in [0.4, 0.5) is 11.4 Å². The van der Waals surface area contributed by atoms with Gasteiger partial charge in [-0.05, 0) is 19.1 Å². The van der Waals surface area contributed by atoms with E-state index in [1.165, 1.54) is 18.2 Å². The molecule has 0 unspecified atom stereocenters. The molecule has 0 aliphatic rings. The Labute approximate surface area is 112 Å². The first-order chi connectivity index (χ1) is 9.47. The fourth-order valence-corrected chi connectivity index (χ4v) is 1.57. The topological polar surface area (TPSA) is 137 Å². The number of hydrogen-bond acceptors (Lipinski definition) is 7. The summed E-state index contributed by atoms with van der Waals surface area (Å²) in [7, 11) is 0. The van der Waals surface area contributed by atoms with Crippen molar-refractivity contribution in [3.63, 3.8) is 0 Å². The fourth-order valence-electron chi connectivity index (χ4n) is 1.57. The molecule has 0 saturated carbocycles. The van der Waals surface area contributed by atoms with E-state index < -0.39 is 10.8 Å². The summed E-state index contributed by atoms with van der Waals surface area (Å²) in [4.78, 5) is 25.4. The average Bonchev–Trinajstić information content (AvgIpc) is 2.81. The summed E-state index contributed by atoms with van der Waals surface area (Å²) in [5, 5.41) is 17.3. The van der Waals surface area contributed by atoms with Gasteiger partial charge in [0.1, 0.15) is 5.69 Å². The molecule has 0 radical (unpaired) electrons. The molecular formula is C11H11N5O4. The zero-order valence-electron chi connectivity index (χ0n) is 10.5. The van der Waals surface area contributed by atoms with Gasteiger partial charge in [-0.15, -0.1) is 0 Å². The minimum absolute atomic E-state index is 0.101. The van der Waals surface area contributed by atoms with Crippen LogP contribution >= 0.6 is 0 Å². The summed E-state index contributed by atoms with van der Waals surface area (Å²) in [6.07, 6.45) is 0. The summed E-state index contributed by atoms with van der Waals surface area (Å²) in [6.45, 7) is 1.76. The molecular weight excluding hydrogens is 266 g/mol. The monoisotopic (exact) mass is 277 g/mol. The van der Waals surface area contributed by atoms with Crippen molar-refractivity contribution in [1.29, 1.82) is 0 Å². The van der Waals surface area contributed by atoms with E-state index in [2.05, 4.69) is 15.5 Å². The highest BCUT2D eigenvalue weighted by Gasteiger charge is 2.16. The summed E-state index contributed by atoms with van der Waals surface area (Å²) < 4.78 is 4.88. The Morgan fingerprint density at radius 1 is 1.55 bits per heavy atom. The lowest BCUT2D eigenvalue weighted by atomic mass is 10.1. The molecule has 2 aromatic rings. The maximum absolute atomic E-state index is 11.1. The third kappa shape index (κ3) is 2.88. The highest BCUT2D eigenvalue weighted by atomic mass is 16.6. The lowest BCUT2D eigenvalue weighted by Gasteiger charge is -2.06. The van der Waals surface area contributed by atoms with Gasteiger partial charge in [-0.2, -0.15) is 4.98 Å². The van der Waals surface area contributed by atoms with Crippen molar-refractivity contribution in [1.82, 2.24) is 10.1 Å². The van der Waals surface area contributed by atoms with Crippen molar-refractivity contribution in [3.05, 3.63) is 45.6 Å². The number of aromatic nitrogens is 2. The summed E-state index contributed by atoms with van der Waals surface area (Å²) in [5.41, 5.74) is 5.29. The number of primary amides is 1. The lowest BCUT2D eigenvalue weighted by molar-refractivity contribution is -0.384. The number of nitrogens with one attached hydrogen (secondary N) is 1. The first-order valence-corrected chi connectivity index (χ1v) is 5.58. The molecule has 0 atom stereocenters. The number of nitrogens with zero attached hydrogens (tertiary/aromatic N) is 3. The molecule has 0 saturated heterocycles. The Morgan fingerprint density at radius 3 is 2.85 bits per heavy atom. The molecule has 1 amide bonds. The maximum atomic E-state index is 11.1. The van der Waals surface area contributed by atoms with Crippen molar-refractivity contribution in [2.24, 2.45) is 5.73 Å². The Morgan fingerprint density at radius 2 is 2.30 bits per heavy atom. The van der Waals surface area contributed by atoms with Gasteiger partial charge in [0.05, 0.1) is 11.5 Å². The number of benzene rings is 1. The predicted octanol–water partition coefficient (Wildman–Crippen LogP) is 0.997. The van der Waals surface area contributed by atoms with Gasteiger partial charge < -0.3 is 15.6 Å². The van der Waals surface area contributed by atoms with E-state index in [4.69, 9.17) is 10.3 Å². The number of carbonyl (C=O) groups is 1. The third-order valence-corrected chi connectivity index (χ3v) is 2.48. The molecule has 0 fully saturated rings. The SMILES string of the molecule is Cc1noc(CNc2cc(C(N)=O)ccc2[N+](=O)[O-])n1. The van der Waals surface area contributed by atoms with Crippen molar-refractivity contribution in [2.45, 2.75) is 13.5 Å². The van der Waals surface area contributed by atoms with Crippen LogP contribution in [-0.4, -0.2) is 21.0 Å². The van der Waals surface area contributed by atoms with Crippen LogP contribution in [-0.2, 0) is 6.54 Å². The lowest BCUT2D eigenvalue weighted by Crippen LogP contribution is -2.12. The molecule has 104 valence electrons. The van der Waals surface area contributed by atoms with Gasteiger partial charge in [-0.3, -0.25) is 14.9 Å². The highest BCUT2D eigenvalue weighted by molar-refractivity contribution is 5.94. The number of nitro benzene ring substituents is 1. The largest absolute Gasteiger partial charge is 0.371 e. The fraction of sp³-hybridized carbons (Fsp3) is 0.182. The van der Waals surface area contributed by atoms with Gasteiger partial charge in [-0.25, -0.2) is 0 Å². The molecule has 0 bridgehead atoms.